The fourth-order valence-corrected chi connectivity index (χ4v) is 4.43. The van der Waals surface area contributed by atoms with E-state index in [1.54, 1.807) is 6.08 Å². The van der Waals surface area contributed by atoms with E-state index in [4.69, 9.17) is 0 Å². The summed E-state index contributed by atoms with van der Waals surface area (Å²) in [5.74, 6) is 0.0919. The Hall–Kier alpha value is -2.33. The molecule has 2 aromatic rings. The molecule has 4 heteroatoms. The van der Waals surface area contributed by atoms with E-state index in [0.717, 1.165) is 36.3 Å². The molecular formula is C23H29N3O. The second-order valence-corrected chi connectivity index (χ2v) is 7.57. The molecule has 0 N–H and O–H groups in total. The maximum atomic E-state index is 12.8. The van der Waals surface area contributed by atoms with Crippen LogP contribution >= 0.6 is 0 Å². The van der Waals surface area contributed by atoms with Gasteiger partial charge in [0.25, 0.3) is 5.91 Å². The van der Waals surface area contributed by atoms with Crippen molar-refractivity contribution in [3.05, 3.63) is 48.6 Å². The molecule has 0 saturated carbocycles. The number of amides is 1. The van der Waals surface area contributed by atoms with Gasteiger partial charge >= 0.3 is 0 Å². The maximum absolute atomic E-state index is 12.8. The zero-order chi connectivity index (χ0) is 18.8. The van der Waals surface area contributed by atoms with Crippen LogP contribution in [0.25, 0.3) is 10.8 Å². The van der Waals surface area contributed by atoms with Gasteiger partial charge in [-0.25, -0.2) is 0 Å². The third-order valence-electron chi connectivity index (χ3n) is 5.83. The van der Waals surface area contributed by atoms with Crippen LogP contribution in [0.2, 0.25) is 0 Å². The van der Waals surface area contributed by atoms with E-state index in [-0.39, 0.29) is 5.91 Å². The first kappa shape index (κ1) is 18.1. The molecule has 2 heterocycles. The number of benzene rings is 2. The van der Waals surface area contributed by atoms with Crippen molar-refractivity contribution >= 4 is 28.1 Å². The average Bonchev–Trinajstić information content (AvgIpc) is 2.85. The number of unbranched alkanes of at least 4 members (excludes halogenated alkanes) is 1. The van der Waals surface area contributed by atoms with E-state index in [1.165, 1.54) is 43.4 Å². The molecule has 0 aliphatic carbocycles. The van der Waals surface area contributed by atoms with Crippen molar-refractivity contribution in [3.8, 4) is 0 Å². The molecule has 0 spiro atoms. The van der Waals surface area contributed by atoms with Gasteiger partial charge in [0.2, 0.25) is 0 Å². The normalized spacial score (nSPS) is 17.6. The van der Waals surface area contributed by atoms with E-state index in [9.17, 15) is 4.79 Å². The SMILES string of the molecule is C=CCN1C(=O)c2cccc3c(N4CCCN(CCCC)CC4)ccc1c23. The van der Waals surface area contributed by atoms with Crippen molar-refractivity contribution in [2.24, 2.45) is 0 Å². The molecule has 0 bridgehead atoms. The quantitative estimate of drug-likeness (QED) is 0.716. The largest absolute Gasteiger partial charge is 0.370 e. The lowest BCUT2D eigenvalue weighted by Crippen LogP contribution is -2.31. The Labute approximate surface area is 162 Å². The predicted molar refractivity (Wildman–Crippen MR) is 114 cm³/mol. The number of rotatable bonds is 6. The van der Waals surface area contributed by atoms with Crippen LogP contribution in [0.3, 0.4) is 0 Å². The summed E-state index contributed by atoms with van der Waals surface area (Å²) >= 11 is 0. The molecule has 0 radical (unpaired) electrons. The topological polar surface area (TPSA) is 26.8 Å². The first-order chi connectivity index (χ1) is 13.2. The van der Waals surface area contributed by atoms with Crippen molar-refractivity contribution in [3.63, 3.8) is 0 Å². The molecule has 2 aliphatic rings. The van der Waals surface area contributed by atoms with E-state index >= 15 is 0 Å². The molecule has 1 fully saturated rings. The molecular weight excluding hydrogens is 334 g/mol. The van der Waals surface area contributed by atoms with Crippen molar-refractivity contribution in [2.45, 2.75) is 26.2 Å². The number of nitrogens with zero attached hydrogens (tertiary/aromatic N) is 3. The van der Waals surface area contributed by atoms with Crippen LogP contribution in [0.5, 0.6) is 0 Å². The van der Waals surface area contributed by atoms with E-state index in [1.807, 2.05) is 17.0 Å². The molecule has 2 aromatic carbocycles. The fourth-order valence-electron chi connectivity index (χ4n) is 4.43. The van der Waals surface area contributed by atoms with Crippen molar-refractivity contribution in [1.82, 2.24) is 4.90 Å². The van der Waals surface area contributed by atoms with Gasteiger partial charge in [-0.3, -0.25) is 4.79 Å². The molecule has 0 atom stereocenters. The standard InChI is InChI=1S/C23H29N3O/c1-3-5-13-24-14-7-15-25(17-16-24)20-10-11-21-22-18(20)8-6-9-19(22)23(27)26(21)12-4-2/h4,6,8-11H,2-3,5,7,12-17H2,1H3. The molecule has 2 aliphatic heterocycles. The molecule has 0 unspecified atom stereocenters. The van der Waals surface area contributed by atoms with E-state index in [2.05, 4.69) is 41.5 Å². The lowest BCUT2D eigenvalue weighted by Gasteiger charge is -2.25. The molecule has 27 heavy (non-hydrogen) atoms. The van der Waals surface area contributed by atoms with Gasteiger partial charge in [0.15, 0.2) is 0 Å². The summed E-state index contributed by atoms with van der Waals surface area (Å²) in [5.41, 5.74) is 3.11. The summed E-state index contributed by atoms with van der Waals surface area (Å²) in [6.45, 7) is 12.2. The highest BCUT2D eigenvalue weighted by Crippen LogP contribution is 2.41. The first-order valence-corrected chi connectivity index (χ1v) is 10.2. The first-order valence-electron chi connectivity index (χ1n) is 10.2. The smallest absolute Gasteiger partial charge is 0.259 e. The number of carbonyl (C=O) groups is 1. The van der Waals surface area contributed by atoms with Gasteiger partial charge < -0.3 is 14.7 Å². The molecule has 0 aromatic heterocycles. The fraction of sp³-hybridized carbons (Fsp3) is 0.435. The van der Waals surface area contributed by atoms with Crippen LogP contribution in [0, 0.1) is 0 Å². The Kier molecular flexibility index (Phi) is 5.17. The Morgan fingerprint density at radius 2 is 1.93 bits per heavy atom. The van der Waals surface area contributed by atoms with Crippen molar-refractivity contribution in [1.29, 1.82) is 0 Å². The summed E-state index contributed by atoms with van der Waals surface area (Å²) in [5, 5.41) is 2.31. The van der Waals surface area contributed by atoms with Crippen LogP contribution in [0.4, 0.5) is 11.4 Å². The monoisotopic (exact) mass is 363 g/mol. The number of hydrogen-bond donors (Lipinski definition) is 0. The Morgan fingerprint density at radius 1 is 1.07 bits per heavy atom. The third-order valence-corrected chi connectivity index (χ3v) is 5.83. The third kappa shape index (κ3) is 3.23. The highest BCUT2D eigenvalue weighted by molar-refractivity contribution is 6.26. The van der Waals surface area contributed by atoms with Crippen LogP contribution < -0.4 is 9.80 Å². The summed E-state index contributed by atoms with van der Waals surface area (Å²) in [4.78, 5) is 19.8. The lowest BCUT2D eigenvalue weighted by molar-refractivity contribution is 0.0996. The van der Waals surface area contributed by atoms with E-state index < -0.39 is 0 Å². The zero-order valence-corrected chi connectivity index (χ0v) is 16.3. The lowest BCUT2D eigenvalue weighted by atomic mass is 10.0. The minimum Gasteiger partial charge on any atom is -0.370 e. The van der Waals surface area contributed by atoms with Gasteiger partial charge in [0, 0.05) is 48.2 Å². The minimum absolute atomic E-state index is 0.0919. The van der Waals surface area contributed by atoms with Gasteiger partial charge in [0.1, 0.15) is 0 Å². The van der Waals surface area contributed by atoms with Crippen LogP contribution in [-0.4, -0.2) is 50.1 Å². The van der Waals surface area contributed by atoms with E-state index in [0.29, 0.717) is 6.54 Å². The highest BCUT2D eigenvalue weighted by Gasteiger charge is 2.30. The van der Waals surface area contributed by atoms with Crippen molar-refractivity contribution < 1.29 is 4.79 Å². The Balaban J connectivity index is 1.67. The molecule has 1 amide bonds. The summed E-state index contributed by atoms with van der Waals surface area (Å²) in [7, 11) is 0. The molecule has 1 saturated heterocycles. The van der Waals surface area contributed by atoms with Gasteiger partial charge in [-0.15, -0.1) is 6.58 Å². The summed E-state index contributed by atoms with van der Waals surface area (Å²) < 4.78 is 0. The minimum atomic E-state index is 0.0919. The molecule has 142 valence electrons. The van der Waals surface area contributed by atoms with Gasteiger partial charge in [0.05, 0.1) is 5.69 Å². The molecule has 4 nitrogen and oxygen atoms in total. The number of anilines is 2. The molecule has 4 rings (SSSR count). The Bertz CT molecular complexity index is 860. The summed E-state index contributed by atoms with van der Waals surface area (Å²) in [6, 6.07) is 10.5. The van der Waals surface area contributed by atoms with Crippen LogP contribution in [0.15, 0.2) is 43.0 Å². The van der Waals surface area contributed by atoms with Crippen molar-refractivity contribution in [2.75, 3.05) is 49.1 Å². The van der Waals surface area contributed by atoms with Crippen LogP contribution in [-0.2, 0) is 0 Å². The summed E-state index contributed by atoms with van der Waals surface area (Å²) in [6.07, 6.45) is 5.52. The van der Waals surface area contributed by atoms with Gasteiger partial charge in [-0.2, -0.15) is 0 Å². The zero-order valence-electron chi connectivity index (χ0n) is 16.3. The predicted octanol–water partition coefficient (Wildman–Crippen LogP) is 4.30. The van der Waals surface area contributed by atoms with Gasteiger partial charge in [-0.05, 0) is 44.1 Å². The second kappa shape index (κ2) is 7.73. The number of hydrogen-bond acceptors (Lipinski definition) is 3. The van der Waals surface area contributed by atoms with Crippen LogP contribution in [0.1, 0.15) is 36.5 Å². The highest BCUT2D eigenvalue weighted by atomic mass is 16.2. The maximum Gasteiger partial charge on any atom is 0.259 e. The average molecular weight is 364 g/mol. The number of carbonyl (C=O) groups excluding carboxylic acids is 1. The van der Waals surface area contributed by atoms with Gasteiger partial charge in [-0.1, -0.05) is 31.6 Å². The second-order valence-electron chi connectivity index (χ2n) is 7.57. The Morgan fingerprint density at radius 3 is 2.74 bits per heavy atom.